The molecule has 0 spiro atoms. The summed E-state index contributed by atoms with van der Waals surface area (Å²) in [5.41, 5.74) is 1.59. The summed E-state index contributed by atoms with van der Waals surface area (Å²) in [6, 6.07) is 1.58. The van der Waals surface area contributed by atoms with E-state index in [1.54, 1.807) is 17.2 Å². The Morgan fingerprint density at radius 1 is 0.964 bits per heavy atom. The largest absolute Gasteiger partial charge is 0.393 e. The summed E-state index contributed by atoms with van der Waals surface area (Å²) in [7, 11) is 0. The van der Waals surface area contributed by atoms with Crippen LogP contribution in [0.3, 0.4) is 0 Å². The van der Waals surface area contributed by atoms with Crippen LogP contribution in [-0.2, 0) is 0 Å². The van der Waals surface area contributed by atoms with Crippen molar-refractivity contribution in [3.8, 4) is 0 Å². The smallest absolute Gasteiger partial charge is 0.393 e. The molecular formula is C19H24F3N5O. The van der Waals surface area contributed by atoms with Gasteiger partial charge in [-0.2, -0.15) is 13.2 Å². The predicted molar refractivity (Wildman–Crippen MR) is 98.9 cm³/mol. The molecule has 1 aliphatic carbocycles. The zero-order valence-corrected chi connectivity index (χ0v) is 15.4. The van der Waals surface area contributed by atoms with Crippen LogP contribution in [-0.4, -0.2) is 57.5 Å². The van der Waals surface area contributed by atoms with Gasteiger partial charge in [-0.1, -0.05) is 0 Å². The molecule has 0 radical (unpaired) electrons. The normalized spacial score (nSPS) is 29.2. The number of halogens is 3. The Hall–Kier alpha value is -2.00. The first kappa shape index (κ1) is 19.3. The molecule has 1 saturated carbocycles. The molecule has 2 aromatic heterocycles. The molecule has 2 fully saturated rings. The molecule has 0 unspecified atom stereocenters. The quantitative estimate of drug-likeness (QED) is 0.833. The van der Waals surface area contributed by atoms with Gasteiger partial charge in [0.15, 0.2) is 5.65 Å². The van der Waals surface area contributed by atoms with E-state index in [0.717, 1.165) is 12.8 Å². The van der Waals surface area contributed by atoms with Crippen LogP contribution in [0.15, 0.2) is 24.7 Å². The van der Waals surface area contributed by atoms with E-state index in [0.29, 0.717) is 36.2 Å². The summed E-state index contributed by atoms with van der Waals surface area (Å²) in [6.45, 7) is 0.377. The molecule has 2 N–H and O–H groups in total. The number of aliphatic hydroxyl groups excluding tert-OH is 1. The van der Waals surface area contributed by atoms with Crippen LogP contribution < -0.4 is 10.2 Å². The lowest BCUT2D eigenvalue weighted by Gasteiger charge is -2.42. The van der Waals surface area contributed by atoms with Crippen molar-refractivity contribution >= 4 is 16.9 Å². The van der Waals surface area contributed by atoms with Crippen LogP contribution in [0.25, 0.3) is 11.2 Å². The molecule has 6 nitrogen and oxygen atoms in total. The lowest BCUT2D eigenvalue weighted by molar-refractivity contribution is -0.177. The number of fused-ring (bicyclic) bond motifs is 1. The average Bonchev–Trinajstić information content (AvgIpc) is 2.68. The number of alkyl halides is 3. The molecule has 3 heterocycles. The molecule has 1 aliphatic heterocycles. The Morgan fingerprint density at radius 2 is 1.68 bits per heavy atom. The van der Waals surface area contributed by atoms with Crippen molar-refractivity contribution < 1.29 is 18.3 Å². The van der Waals surface area contributed by atoms with E-state index in [4.69, 9.17) is 0 Å². The van der Waals surface area contributed by atoms with E-state index in [2.05, 4.69) is 20.3 Å². The second kappa shape index (κ2) is 7.79. The SMILES string of the molecule is OC1CCC(N[C@@H]2C[C@H](C(F)(F)F)CN(c3ccnc4nccnc34)C2)CC1. The highest BCUT2D eigenvalue weighted by atomic mass is 19.4. The van der Waals surface area contributed by atoms with Gasteiger partial charge in [0, 0.05) is 43.8 Å². The Kier molecular flexibility index (Phi) is 5.37. The number of rotatable bonds is 3. The van der Waals surface area contributed by atoms with Gasteiger partial charge in [0.25, 0.3) is 0 Å². The van der Waals surface area contributed by atoms with Crippen molar-refractivity contribution in [1.82, 2.24) is 20.3 Å². The minimum atomic E-state index is -4.25. The minimum Gasteiger partial charge on any atom is -0.393 e. The maximum Gasteiger partial charge on any atom is 0.393 e. The predicted octanol–water partition coefficient (Wildman–Crippen LogP) is 2.68. The molecule has 2 aliphatic rings. The lowest BCUT2D eigenvalue weighted by atomic mass is 9.89. The first-order valence-corrected chi connectivity index (χ1v) is 9.71. The minimum absolute atomic E-state index is 0.0632. The highest BCUT2D eigenvalue weighted by Crippen LogP contribution is 2.36. The van der Waals surface area contributed by atoms with Gasteiger partial charge >= 0.3 is 6.18 Å². The molecule has 0 aromatic carbocycles. The van der Waals surface area contributed by atoms with Gasteiger partial charge in [-0.25, -0.2) is 15.0 Å². The Labute approximate surface area is 161 Å². The van der Waals surface area contributed by atoms with E-state index >= 15 is 0 Å². The van der Waals surface area contributed by atoms with Crippen LogP contribution in [0.5, 0.6) is 0 Å². The fourth-order valence-electron chi connectivity index (χ4n) is 4.35. The number of piperidine rings is 1. The third kappa shape index (κ3) is 4.20. The molecule has 4 rings (SSSR count). The van der Waals surface area contributed by atoms with Gasteiger partial charge in [-0.3, -0.25) is 0 Å². The zero-order valence-electron chi connectivity index (χ0n) is 15.4. The summed E-state index contributed by atoms with van der Waals surface area (Å²) in [5, 5.41) is 13.1. The van der Waals surface area contributed by atoms with E-state index in [-0.39, 0.29) is 31.2 Å². The van der Waals surface area contributed by atoms with Crippen LogP contribution in [0, 0.1) is 5.92 Å². The summed E-state index contributed by atoms with van der Waals surface area (Å²) in [4.78, 5) is 14.4. The van der Waals surface area contributed by atoms with Crippen LogP contribution in [0.2, 0.25) is 0 Å². The van der Waals surface area contributed by atoms with Crippen molar-refractivity contribution in [2.75, 3.05) is 18.0 Å². The van der Waals surface area contributed by atoms with Gasteiger partial charge < -0.3 is 15.3 Å². The van der Waals surface area contributed by atoms with E-state index in [1.165, 1.54) is 12.4 Å². The fraction of sp³-hybridized carbons (Fsp3) is 0.632. The van der Waals surface area contributed by atoms with Gasteiger partial charge in [0.05, 0.1) is 17.7 Å². The molecule has 152 valence electrons. The monoisotopic (exact) mass is 395 g/mol. The van der Waals surface area contributed by atoms with Crippen LogP contribution in [0.1, 0.15) is 32.1 Å². The van der Waals surface area contributed by atoms with Crippen LogP contribution in [0.4, 0.5) is 18.9 Å². The number of aromatic nitrogens is 3. The average molecular weight is 395 g/mol. The molecule has 2 aromatic rings. The van der Waals surface area contributed by atoms with E-state index in [1.807, 2.05) is 0 Å². The topological polar surface area (TPSA) is 74.2 Å². The number of hydrogen-bond donors (Lipinski definition) is 2. The van der Waals surface area contributed by atoms with E-state index < -0.39 is 12.1 Å². The van der Waals surface area contributed by atoms with Crippen molar-refractivity contribution in [1.29, 1.82) is 0 Å². The third-order valence-electron chi connectivity index (χ3n) is 5.77. The molecule has 2 atom stereocenters. The standard InChI is InChI=1S/C19H24F3N5O/c20-19(21,22)12-9-14(26-13-1-3-15(28)4-2-13)11-27(10-12)16-5-6-24-18-17(16)23-7-8-25-18/h5-8,12-15,26,28H,1-4,9-11H2/t12-,13?,14+,15?/m0/s1. The van der Waals surface area contributed by atoms with Gasteiger partial charge in [-0.05, 0) is 38.2 Å². The molecule has 9 heteroatoms. The Bertz CT molecular complexity index is 804. The second-order valence-electron chi connectivity index (χ2n) is 7.81. The van der Waals surface area contributed by atoms with Gasteiger partial charge in [0.1, 0.15) is 5.52 Å². The van der Waals surface area contributed by atoms with Crippen LogP contribution >= 0.6 is 0 Å². The number of aliphatic hydroxyl groups is 1. The first-order chi connectivity index (χ1) is 13.4. The van der Waals surface area contributed by atoms with Crippen molar-refractivity contribution in [2.45, 2.75) is 56.5 Å². The fourth-order valence-corrected chi connectivity index (χ4v) is 4.35. The first-order valence-electron chi connectivity index (χ1n) is 9.71. The maximum absolute atomic E-state index is 13.6. The Morgan fingerprint density at radius 3 is 2.43 bits per heavy atom. The highest BCUT2D eigenvalue weighted by Gasteiger charge is 2.45. The number of hydrogen-bond acceptors (Lipinski definition) is 6. The molecular weight excluding hydrogens is 371 g/mol. The third-order valence-corrected chi connectivity index (χ3v) is 5.77. The molecule has 1 saturated heterocycles. The molecule has 28 heavy (non-hydrogen) atoms. The van der Waals surface area contributed by atoms with Gasteiger partial charge in [0.2, 0.25) is 0 Å². The number of pyridine rings is 1. The summed E-state index contributed by atoms with van der Waals surface area (Å²) >= 11 is 0. The number of nitrogens with zero attached hydrogens (tertiary/aromatic N) is 4. The Balaban J connectivity index is 1.57. The number of anilines is 1. The number of nitrogens with one attached hydrogen (secondary N) is 1. The summed E-state index contributed by atoms with van der Waals surface area (Å²) < 4.78 is 40.9. The van der Waals surface area contributed by atoms with Crippen molar-refractivity contribution in [3.63, 3.8) is 0 Å². The lowest BCUT2D eigenvalue weighted by Crippen LogP contribution is -2.55. The maximum atomic E-state index is 13.6. The molecule has 0 bridgehead atoms. The summed E-state index contributed by atoms with van der Waals surface area (Å²) in [5.74, 6) is -1.41. The van der Waals surface area contributed by atoms with Gasteiger partial charge in [-0.15, -0.1) is 0 Å². The van der Waals surface area contributed by atoms with Crippen molar-refractivity contribution in [3.05, 3.63) is 24.7 Å². The molecule has 0 amide bonds. The highest BCUT2D eigenvalue weighted by molar-refractivity contribution is 5.85. The summed E-state index contributed by atoms with van der Waals surface area (Å²) in [6.07, 6.45) is 3.11. The van der Waals surface area contributed by atoms with E-state index in [9.17, 15) is 18.3 Å². The van der Waals surface area contributed by atoms with Crippen molar-refractivity contribution in [2.24, 2.45) is 5.92 Å². The zero-order chi connectivity index (χ0) is 19.7. The second-order valence-corrected chi connectivity index (χ2v) is 7.81.